The van der Waals surface area contributed by atoms with Crippen molar-refractivity contribution in [3.05, 3.63) is 17.0 Å². The molecule has 0 unspecified atom stereocenters. The van der Waals surface area contributed by atoms with Crippen LogP contribution in [-0.4, -0.2) is 38.9 Å². The summed E-state index contributed by atoms with van der Waals surface area (Å²) >= 11 is 1.42. The van der Waals surface area contributed by atoms with Crippen molar-refractivity contribution in [1.29, 1.82) is 0 Å². The van der Waals surface area contributed by atoms with Crippen LogP contribution in [0.1, 0.15) is 25.6 Å². The van der Waals surface area contributed by atoms with Crippen LogP contribution in [-0.2, 0) is 15.4 Å². The first-order chi connectivity index (χ1) is 9.28. The molecule has 2 aliphatic rings. The highest BCUT2D eigenvalue weighted by Gasteiger charge is 2.42. The van der Waals surface area contributed by atoms with Crippen LogP contribution in [0.3, 0.4) is 0 Å². The van der Waals surface area contributed by atoms with Crippen molar-refractivity contribution in [3.8, 4) is 0 Å². The van der Waals surface area contributed by atoms with Gasteiger partial charge < -0.3 is 5.32 Å². The Morgan fingerprint density at radius 2 is 1.80 bits per heavy atom. The van der Waals surface area contributed by atoms with E-state index in [4.69, 9.17) is 0 Å². The molecule has 2 saturated heterocycles. The van der Waals surface area contributed by atoms with Crippen LogP contribution in [0.5, 0.6) is 0 Å². The summed E-state index contributed by atoms with van der Waals surface area (Å²) < 4.78 is 27.6. The van der Waals surface area contributed by atoms with E-state index in [1.54, 1.807) is 10.4 Å². The lowest BCUT2D eigenvalue weighted by Crippen LogP contribution is -2.31. The Morgan fingerprint density at radius 1 is 1.20 bits per heavy atom. The zero-order valence-electron chi connectivity index (χ0n) is 12.2. The molecule has 0 saturated carbocycles. The first-order valence-corrected chi connectivity index (χ1v) is 9.35. The third kappa shape index (κ3) is 2.43. The van der Waals surface area contributed by atoms with Crippen LogP contribution in [0.25, 0.3) is 0 Å². The Balaban J connectivity index is 1.84. The minimum atomic E-state index is -3.30. The number of hydrogen-bond acceptors (Lipinski definition) is 4. The van der Waals surface area contributed by atoms with Gasteiger partial charge in [0.2, 0.25) is 0 Å². The molecule has 4 nitrogen and oxygen atoms in total. The summed E-state index contributed by atoms with van der Waals surface area (Å²) in [5, 5.41) is 3.34. The molecule has 3 rings (SSSR count). The topological polar surface area (TPSA) is 49.4 Å². The molecular weight excluding hydrogens is 292 g/mol. The quantitative estimate of drug-likeness (QED) is 0.907. The number of fused-ring (bicyclic) bond motifs is 1. The SMILES string of the molecule is CC(C)(C)c1ccc(S(=O)(=O)N2C[C@H]3CNC[C@H]3C2)s1. The van der Waals surface area contributed by atoms with E-state index in [0.717, 1.165) is 18.0 Å². The number of nitrogens with zero attached hydrogens (tertiary/aromatic N) is 1. The molecule has 6 heteroatoms. The molecule has 0 aromatic carbocycles. The predicted molar refractivity (Wildman–Crippen MR) is 81.6 cm³/mol. The van der Waals surface area contributed by atoms with Crippen molar-refractivity contribution in [2.45, 2.75) is 30.4 Å². The smallest absolute Gasteiger partial charge is 0.252 e. The minimum absolute atomic E-state index is 0.00384. The van der Waals surface area contributed by atoms with Gasteiger partial charge in [-0.2, -0.15) is 4.31 Å². The van der Waals surface area contributed by atoms with E-state index in [2.05, 4.69) is 26.1 Å². The number of nitrogens with one attached hydrogen (secondary N) is 1. The maximum Gasteiger partial charge on any atom is 0.252 e. The fraction of sp³-hybridized carbons (Fsp3) is 0.714. The van der Waals surface area contributed by atoms with Crippen molar-refractivity contribution >= 4 is 21.4 Å². The molecule has 112 valence electrons. The summed E-state index contributed by atoms with van der Waals surface area (Å²) in [5.74, 6) is 0.985. The predicted octanol–water partition coefficient (Wildman–Crippen LogP) is 1.89. The second-order valence-electron chi connectivity index (χ2n) is 6.87. The van der Waals surface area contributed by atoms with Gasteiger partial charge >= 0.3 is 0 Å². The summed E-state index contributed by atoms with van der Waals surface area (Å²) in [6, 6.07) is 3.73. The van der Waals surface area contributed by atoms with Crippen LogP contribution in [0, 0.1) is 11.8 Å². The fourth-order valence-electron chi connectivity index (χ4n) is 3.00. The molecule has 3 heterocycles. The standard InChI is InChI=1S/C14H22N2O2S2/c1-14(2,3)12-4-5-13(19-12)20(17,18)16-8-10-6-15-7-11(10)9-16/h4-5,10-11,15H,6-9H2,1-3H3/t10-,11+. The van der Waals surface area contributed by atoms with Crippen LogP contribution in [0.15, 0.2) is 16.3 Å². The lowest BCUT2D eigenvalue weighted by atomic mass is 9.95. The second kappa shape index (κ2) is 4.80. The fourth-order valence-corrected chi connectivity index (χ4v) is 6.07. The van der Waals surface area contributed by atoms with E-state index in [0.29, 0.717) is 29.1 Å². The van der Waals surface area contributed by atoms with Gasteiger partial charge in [0.05, 0.1) is 0 Å². The monoisotopic (exact) mass is 314 g/mol. The maximum absolute atomic E-state index is 12.7. The molecule has 0 bridgehead atoms. The minimum Gasteiger partial charge on any atom is -0.316 e. The first kappa shape index (κ1) is 14.5. The average Bonchev–Trinajstić information content (AvgIpc) is 3.03. The molecule has 20 heavy (non-hydrogen) atoms. The van der Waals surface area contributed by atoms with E-state index in [-0.39, 0.29) is 5.41 Å². The van der Waals surface area contributed by atoms with Crippen LogP contribution in [0.4, 0.5) is 0 Å². The largest absolute Gasteiger partial charge is 0.316 e. The van der Waals surface area contributed by atoms with Crippen LogP contribution < -0.4 is 5.32 Å². The lowest BCUT2D eigenvalue weighted by Gasteiger charge is -2.17. The molecule has 2 fully saturated rings. The molecule has 0 radical (unpaired) electrons. The molecular formula is C14H22N2O2S2. The highest BCUT2D eigenvalue weighted by Crippen LogP contribution is 2.36. The molecule has 0 amide bonds. The van der Waals surface area contributed by atoms with Gasteiger partial charge in [0.1, 0.15) is 4.21 Å². The molecule has 0 aliphatic carbocycles. The van der Waals surface area contributed by atoms with E-state index in [1.807, 2.05) is 6.07 Å². The van der Waals surface area contributed by atoms with E-state index >= 15 is 0 Å². The molecule has 1 aromatic rings. The van der Waals surface area contributed by atoms with Gasteiger partial charge in [-0.25, -0.2) is 8.42 Å². The molecule has 2 aliphatic heterocycles. The number of sulfonamides is 1. The Labute approximate surface area is 125 Å². The number of thiophene rings is 1. The first-order valence-electron chi connectivity index (χ1n) is 7.09. The number of hydrogen-bond donors (Lipinski definition) is 1. The molecule has 0 spiro atoms. The van der Waals surface area contributed by atoms with Gasteiger partial charge in [0.25, 0.3) is 10.0 Å². The molecule has 1 aromatic heterocycles. The summed E-state index contributed by atoms with van der Waals surface area (Å²) in [4.78, 5) is 1.12. The van der Waals surface area contributed by atoms with E-state index in [9.17, 15) is 8.42 Å². The Morgan fingerprint density at radius 3 is 2.30 bits per heavy atom. The third-order valence-corrected chi connectivity index (χ3v) is 8.08. The van der Waals surface area contributed by atoms with Gasteiger partial charge in [-0.15, -0.1) is 11.3 Å². The van der Waals surface area contributed by atoms with Crippen molar-refractivity contribution in [2.24, 2.45) is 11.8 Å². The lowest BCUT2D eigenvalue weighted by molar-refractivity contribution is 0.449. The van der Waals surface area contributed by atoms with Crippen molar-refractivity contribution < 1.29 is 8.42 Å². The Bertz CT molecular complexity index is 589. The molecule has 2 atom stereocenters. The highest BCUT2D eigenvalue weighted by atomic mass is 32.2. The normalized spacial score (nSPS) is 27.9. The van der Waals surface area contributed by atoms with Gasteiger partial charge in [0.15, 0.2) is 0 Å². The van der Waals surface area contributed by atoms with Gasteiger partial charge in [0, 0.05) is 18.0 Å². The van der Waals surface area contributed by atoms with Crippen molar-refractivity contribution in [3.63, 3.8) is 0 Å². The van der Waals surface area contributed by atoms with E-state index < -0.39 is 10.0 Å². The summed E-state index contributed by atoms with van der Waals surface area (Å²) in [6.07, 6.45) is 0. The summed E-state index contributed by atoms with van der Waals surface area (Å²) in [7, 11) is -3.30. The summed E-state index contributed by atoms with van der Waals surface area (Å²) in [6.45, 7) is 9.58. The van der Waals surface area contributed by atoms with Crippen molar-refractivity contribution in [2.75, 3.05) is 26.2 Å². The zero-order chi connectivity index (χ0) is 14.5. The van der Waals surface area contributed by atoms with Gasteiger partial charge in [-0.05, 0) is 42.5 Å². The Hall–Kier alpha value is -0.430. The van der Waals surface area contributed by atoms with Crippen molar-refractivity contribution in [1.82, 2.24) is 9.62 Å². The van der Waals surface area contributed by atoms with Gasteiger partial charge in [-0.3, -0.25) is 0 Å². The average molecular weight is 314 g/mol. The zero-order valence-corrected chi connectivity index (χ0v) is 13.9. The van der Waals surface area contributed by atoms with Crippen LogP contribution >= 0.6 is 11.3 Å². The summed E-state index contributed by atoms with van der Waals surface area (Å²) in [5.41, 5.74) is 0.00384. The maximum atomic E-state index is 12.7. The third-order valence-electron chi connectivity index (χ3n) is 4.27. The van der Waals surface area contributed by atoms with E-state index in [1.165, 1.54) is 11.3 Å². The Kier molecular flexibility index (Phi) is 3.48. The highest BCUT2D eigenvalue weighted by molar-refractivity contribution is 7.91. The van der Waals surface area contributed by atoms with Gasteiger partial charge in [-0.1, -0.05) is 20.8 Å². The van der Waals surface area contributed by atoms with Crippen LogP contribution in [0.2, 0.25) is 0 Å². The number of rotatable bonds is 2. The molecule has 1 N–H and O–H groups in total. The second-order valence-corrected chi connectivity index (χ2v) is 10.1.